The van der Waals surface area contributed by atoms with Gasteiger partial charge in [0.2, 0.25) is 0 Å². The van der Waals surface area contributed by atoms with E-state index in [1.807, 2.05) is 36.4 Å². The first-order valence-corrected chi connectivity index (χ1v) is 14.5. The van der Waals surface area contributed by atoms with Crippen molar-refractivity contribution >= 4 is 34.6 Å². The fourth-order valence-electron chi connectivity index (χ4n) is 4.75. The number of rotatable bonds is 8. The first kappa shape index (κ1) is 24.6. The Bertz CT molecular complexity index is 1330. The summed E-state index contributed by atoms with van der Waals surface area (Å²) in [6.07, 6.45) is 0.811. The van der Waals surface area contributed by atoms with Gasteiger partial charge in [-0.3, -0.25) is 0 Å². The lowest BCUT2D eigenvalue weighted by atomic mass is 10.0. The smallest absolute Gasteiger partial charge is 0.117 e. The van der Waals surface area contributed by atoms with Crippen molar-refractivity contribution in [3.8, 4) is 0 Å². The Kier molecular flexibility index (Phi) is 7.79. The predicted octanol–water partition coefficient (Wildman–Crippen LogP) is 6.89. The molecular formula is C34H30N2P+. The highest BCUT2D eigenvalue weighted by Gasteiger charge is 2.45. The van der Waals surface area contributed by atoms with Crippen LogP contribution in [0.1, 0.15) is 18.1 Å². The molecule has 3 heteroatoms. The maximum atomic E-state index is 4.87. The number of benzene rings is 5. The van der Waals surface area contributed by atoms with Crippen LogP contribution in [-0.4, -0.2) is 17.6 Å². The lowest BCUT2D eigenvalue weighted by Crippen LogP contribution is -2.35. The van der Waals surface area contributed by atoms with E-state index in [9.17, 15) is 0 Å². The molecule has 2 nitrogen and oxygen atoms in total. The van der Waals surface area contributed by atoms with Crippen LogP contribution in [0.2, 0.25) is 0 Å². The molecule has 0 fully saturated rings. The molecule has 0 aliphatic heterocycles. The molecule has 0 heterocycles. The van der Waals surface area contributed by atoms with Crippen molar-refractivity contribution in [2.75, 3.05) is 6.16 Å². The normalized spacial score (nSPS) is 11.6. The van der Waals surface area contributed by atoms with Crippen LogP contribution in [0.5, 0.6) is 0 Å². The van der Waals surface area contributed by atoms with E-state index in [1.54, 1.807) is 0 Å². The Morgan fingerprint density at radius 2 is 0.784 bits per heavy atom. The van der Waals surface area contributed by atoms with Crippen molar-refractivity contribution in [1.82, 2.24) is 0 Å². The minimum atomic E-state index is -2.01. The van der Waals surface area contributed by atoms with E-state index in [4.69, 9.17) is 10.2 Å². The van der Waals surface area contributed by atoms with Crippen LogP contribution in [0.15, 0.2) is 162 Å². The van der Waals surface area contributed by atoms with Crippen LogP contribution in [0.3, 0.4) is 0 Å². The standard InChI is InChI=1S/C34H30N2P/c1-28(35-36-34(29-17-7-2-8-18-29)30-19-9-3-10-20-30)27-37(31-21-11-4-12-22-31,32-23-13-5-14-24-32)33-25-15-6-16-26-33/h2-26H,27H2,1H3/q+1/b35-28+. The SMILES string of the molecule is C/C(C[P+](c1ccccc1)(c1ccccc1)c1ccccc1)=N\N=C(c1ccccc1)c1ccccc1. The van der Waals surface area contributed by atoms with E-state index in [1.165, 1.54) is 15.9 Å². The van der Waals surface area contributed by atoms with Gasteiger partial charge in [-0.25, -0.2) is 0 Å². The molecule has 0 aliphatic rings. The van der Waals surface area contributed by atoms with Gasteiger partial charge in [-0.2, -0.15) is 5.10 Å². The zero-order chi connectivity index (χ0) is 25.3. The molecule has 0 bridgehead atoms. The maximum absolute atomic E-state index is 4.87. The summed E-state index contributed by atoms with van der Waals surface area (Å²) >= 11 is 0. The average molecular weight is 498 g/mol. The summed E-state index contributed by atoms with van der Waals surface area (Å²) in [7, 11) is -2.01. The quantitative estimate of drug-likeness (QED) is 0.127. The van der Waals surface area contributed by atoms with E-state index in [-0.39, 0.29) is 0 Å². The lowest BCUT2D eigenvalue weighted by molar-refractivity contribution is 1.22. The average Bonchev–Trinajstić information content (AvgIpc) is 2.98. The van der Waals surface area contributed by atoms with Crippen molar-refractivity contribution in [2.24, 2.45) is 10.2 Å². The highest BCUT2D eigenvalue weighted by Crippen LogP contribution is 2.55. The number of hydrogen-bond donors (Lipinski definition) is 0. The van der Waals surface area contributed by atoms with Crippen LogP contribution in [0.4, 0.5) is 0 Å². The Morgan fingerprint density at radius 3 is 1.14 bits per heavy atom. The summed E-state index contributed by atoms with van der Waals surface area (Å²) in [6.45, 7) is 2.11. The molecule has 180 valence electrons. The molecule has 0 aliphatic carbocycles. The summed E-state index contributed by atoms with van der Waals surface area (Å²) in [5.41, 5.74) is 4.00. The Labute approximate surface area is 220 Å². The molecule has 0 N–H and O–H groups in total. The van der Waals surface area contributed by atoms with Gasteiger partial charge < -0.3 is 0 Å². The predicted molar refractivity (Wildman–Crippen MR) is 162 cm³/mol. The topological polar surface area (TPSA) is 24.7 Å². The molecule has 5 rings (SSSR count). The molecular weight excluding hydrogens is 467 g/mol. The Balaban J connectivity index is 1.64. The highest BCUT2D eigenvalue weighted by molar-refractivity contribution is 7.96. The zero-order valence-electron chi connectivity index (χ0n) is 21.0. The Morgan fingerprint density at radius 1 is 0.459 bits per heavy atom. The summed E-state index contributed by atoms with van der Waals surface area (Å²) in [5, 5.41) is 13.8. The van der Waals surface area contributed by atoms with E-state index >= 15 is 0 Å². The second-order valence-corrected chi connectivity index (χ2v) is 12.5. The van der Waals surface area contributed by atoms with Gasteiger partial charge >= 0.3 is 0 Å². The van der Waals surface area contributed by atoms with Crippen LogP contribution in [0.25, 0.3) is 0 Å². The fraction of sp³-hybridized carbons (Fsp3) is 0.0588. The van der Waals surface area contributed by atoms with E-state index in [2.05, 4.69) is 122 Å². The lowest BCUT2D eigenvalue weighted by Gasteiger charge is -2.27. The largest absolute Gasteiger partial charge is 0.156 e. The number of nitrogens with zero attached hydrogens (tertiary/aromatic N) is 2. The van der Waals surface area contributed by atoms with Gasteiger partial charge in [0.15, 0.2) is 0 Å². The fourth-order valence-corrected chi connectivity index (χ4v) is 8.99. The highest BCUT2D eigenvalue weighted by atomic mass is 31.2. The third-order valence-corrected chi connectivity index (χ3v) is 10.9. The molecule has 0 amide bonds. The molecule has 0 saturated heterocycles. The van der Waals surface area contributed by atoms with Gasteiger partial charge in [-0.1, -0.05) is 115 Å². The van der Waals surface area contributed by atoms with Crippen molar-refractivity contribution in [3.05, 3.63) is 163 Å². The van der Waals surface area contributed by atoms with Crippen LogP contribution < -0.4 is 15.9 Å². The molecule has 5 aromatic rings. The second kappa shape index (κ2) is 11.7. The molecule has 37 heavy (non-hydrogen) atoms. The summed E-state index contributed by atoms with van der Waals surface area (Å²) in [5.74, 6) is 0. The van der Waals surface area contributed by atoms with Crippen molar-refractivity contribution in [2.45, 2.75) is 6.92 Å². The maximum Gasteiger partial charge on any atom is 0.117 e. The Hall–Kier alpha value is -4.13. The van der Waals surface area contributed by atoms with Crippen molar-refractivity contribution in [1.29, 1.82) is 0 Å². The van der Waals surface area contributed by atoms with Crippen molar-refractivity contribution in [3.63, 3.8) is 0 Å². The minimum Gasteiger partial charge on any atom is -0.156 e. The second-order valence-electron chi connectivity index (χ2n) is 8.99. The minimum absolute atomic E-state index is 0.811. The number of hydrogen-bond acceptors (Lipinski definition) is 2. The van der Waals surface area contributed by atoms with Crippen LogP contribution in [0, 0.1) is 0 Å². The van der Waals surface area contributed by atoms with Crippen LogP contribution in [-0.2, 0) is 0 Å². The van der Waals surface area contributed by atoms with Gasteiger partial charge in [-0.05, 0) is 43.3 Å². The molecule has 0 aromatic heterocycles. The van der Waals surface area contributed by atoms with E-state index in [0.29, 0.717) is 0 Å². The molecule has 0 radical (unpaired) electrons. The van der Waals surface area contributed by atoms with Gasteiger partial charge in [0.05, 0.1) is 5.71 Å². The van der Waals surface area contributed by atoms with Crippen LogP contribution >= 0.6 is 7.26 Å². The molecule has 0 atom stereocenters. The molecule has 5 aromatic carbocycles. The van der Waals surface area contributed by atoms with E-state index in [0.717, 1.165) is 28.7 Å². The molecule has 0 spiro atoms. The summed E-state index contributed by atoms with van der Waals surface area (Å²) in [4.78, 5) is 0. The van der Waals surface area contributed by atoms with Gasteiger partial charge in [0.1, 0.15) is 35.0 Å². The summed E-state index contributed by atoms with van der Waals surface area (Å²) in [6, 6.07) is 53.3. The first-order valence-electron chi connectivity index (χ1n) is 12.5. The first-order chi connectivity index (χ1) is 18.3. The van der Waals surface area contributed by atoms with E-state index < -0.39 is 7.26 Å². The van der Waals surface area contributed by atoms with Crippen molar-refractivity contribution < 1.29 is 0 Å². The zero-order valence-corrected chi connectivity index (χ0v) is 21.9. The third kappa shape index (κ3) is 5.50. The molecule has 0 unspecified atom stereocenters. The summed E-state index contributed by atoms with van der Waals surface area (Å²) < 4.78 is 0. The monoisotopic (exact) mass is 497 g/mol. The van der Waals surface area contributed by atoms with Gasteiger partial charge in [-0.15, -0.1) is 5.10 Å². The van der Waals surface area contributed by atoms with Gasteiger partial charge in [0.25, 0.3) is 0 Å². The van der Waals surface area contributed by atoms with Gasteiger partial charge in [0, 0.05) is 11.1 Å². The third-order valence-electron chi connectivity index (χ3n) is 6.47. The molecule has 0 saturated carbocycles.